The summed E-state index contributed by atoms with van der Waals surface area (Å²) in [5.41, 5.74) is -0.536. The maximum Gasteiger partial charge on any atom is 0.326 e. The van der Waals surface area contributed by atoms with Crippen molar-refractivity contribution in [3.8, 4) is 0 Å². The Balaban J connectivity index is 1.90. The zero-order valence-electron chi connectivity index (χ0n) is 13.4. The van der Waals surface area contributed by atoms with Crippen molar-refractivity contribution in [2.75, 3.05) is 26.4 Å². The molecular weight excluding hydrogens is 270 g/mol. The third kappa shape index (κ3) is 4.94. The first-order valence-corrected chi connectivity index (χ1v) is 8.34. The number of hydrogen-bond acceptors (Lipinski definition) is 5. The first-order valence-electron chi connectivity index (χ1n) is 8.34. The van der Waals surface area contributed by atoms with Crippen LogP contribution in [0.5, 0.6) is 0 Å². The van der Waals surface area contributed by atoms with E-state index >= 15 is 0 Å². The van der Waals surface area contributed by atoms with Gasteiger partial charge in [-0.25, -0.2) is 0 Å². The number of ether oxygens (including phenoxy) is 3. The average Bonchev–Trinajstić information content (AvgIpc) is 3.28. The van der Waals surface area contributed by atoms with E-state index in [4.69, 9.17) is 14.2 Å². The predicted octanol–water partition coefficient (Wildman–Crippen LogP) is 2.04. The van der Waals surface area contributed by atoms with Crippen LogP contribution in [0.3, 0.4) is 0 Å². The summed E-state index contributed by atoms with van der Waals surface area (Å²) in [6, 6.07) is 0.483. The number of rotatable bonds is 9. The van der Waals surface area contributed by atoms with E-state index in [1.165, 1.54) is 0 Å². The lowest BCUT2D eigenvalue weighted by Gasteiger charge is -2.39. The van der Waals surface area contributed by atoms with Gasteiger partial charge in [0.15, 0.2) is 0 Å². The summed E-state index contributed by atoms with van der Waals surface area (Å²) >= 11 is 0. The van der Waals surface area contributed by atoms with Crippen molar-refractivity contribution in [3.05, 3.63) is 0 Å². The lowest BCUT2D eigenvalue weighted by atomic mass is 9.79. The molecule has 0 aromatic rings. The van der Waals surface area contributed by atoms with E-state index < -0.39 is 5.54 Å². The summed E-state index contributed by atoms with van der Waals surface area (Å²) in [5, 5.41) is 3.54. The highest BCUT2D eigenvalue weighted by molar-refractivity contribution is 5.81. The molecule has 2 aliphatic rings. The van der Waals surface area contributed by atoms with Gasteiger partial charge in [-0.15, -0.1) is 0 Å². The number of esters is 1. The SMILES string of the molecule is CCOCCOC1CCCC(NC2CC2)(C(=O)OCC)C1. The second-order valence-corrected chi connectivity index (χ2v) is 6.01. The van der Waals surface area contributed by atoms with Crippen LogP contribution in [0.1, 0.15) is 52.4 Å². The summed E-state index contributed by atoms with van der Waals surface area (Å²) in [6.07, 6.45) is 6.03. The van der Waals surface area contributed by atoms with Gasteiger partial charge in [0, 0.05) is 19.1 Å². The minimum Gasteiger partial charge on any atom is -0.465 e. The number of carbonyl (C=O) groups is 1. The molecular formula is C16H29NO4. The molecule has 122 valence electrons. The number of carbonyl (C=O) groups excluding carboxylic acids is 1. The number of nitrogens with one attached hydrogen (secondary N) is 1. The molecule has 21 heavy (non-hydrogen) atoms. The fraction of sp³-hybridized carbons (Fsp3) is 0.938. The molecule has 0 bridgehead atoms. The normalized spacial score (nSPS) is 29.3. The molecule has 2 unspecified atom stereocenters. The van der Waals surface area contributed by atoms with Gasteiger partial charge in [-0.2, -0.15) is 0 Å². The van der Waals surface area contributed by atoms with Crippen LogP contribution in [0.2, 0.25) is 0 Å². The Morgan fingerprint density at radius 3 is 2.67 bits per heavy atom. The van der Waals surface area contributed by atoms with Crippen molar-refractivity contribution in [1.82, 2.24) is 5.32 Å². The van der Waals surface area contributed by atoms with E-state index in [1.54, 1.807) is 0 Å². The van der Waals surface area contributed by atoms with Crippen molar-refractivity contribution in [2.45, 2.75) is 70.1 Å². The second kappa shape index (κ2) is 8.11. The maximum absolute atomic E-state index is 12.4. The fourth-order valence-corrected chi connectivity index (χ4v) is 3.05. The molecule has 0 aromatic heterocycles. The Morgan fingerprint density at radius 1 is 1.19 bits per heavy atom. The van der Waals surface area contributed by atoms with E-state index in [0.717, 1.165) is 32.1 Å². The Bertz CT molecular complexity index is 332. The molecule has 0 radical (unpaired) electrons. The Morgan fingerprint density at radius 2 is 2.00 bits per heavy atom. The average molecular weight is 299 g/mol. The van der Waals surface area contributed by atoms with Crippen molar-refractivity contribution in [3.63, 3.8) is 0 Å². The van der Waals surface area contributed by atoms with E-state index in [-0.39, 0.29) is 12.1 Å². The minimum atomic E-state index is -0.536. The third-order valence-electron chi connectivity index (χ3n) is 4.22. The van der Waals surface area contributed by atoms with Gasteiger partial charge in [0.2, 0.25) is 0 Å². The molecule has 0 aromatic carbocycles. The van der Waals surface area contributed by atoms with Crippen LogP contribution in [0.25, 0.3) is 0 Å². The van der Waals surface area contributed by atoms with Crippen LogP contribution < -0.4 is 5.32 Å². The highest BCUT2D eigenvalue weighted by Gasteiger charge is 2.47. The third-order valence-corrected chi connectivity index (χ3v) is 4.22. The van der Waals surface area contributed by atoms with Crippen LogP contribution >= 0.6 is 0 Å². The summed E-state index contributed by atoms with van der Waals surface area (Å²) in [4.78, 5) is 12.4. The lowest BCUT2D eigenvalue weighted by Crippen LogP contribution is -2.57. The molecule has 0 amide bonds. The van der Waals surface area contributed by atoms with E-state index in [1.807, 2.05) is 13.8 Å². The monoisotopic (exact) mass is 299 g/mol. The highest BCUT2D eigenvalue weighted by Crippen LogP contribution is 2.35. The molecule has 5 nitrogen and oxygen atoms in total. The van der Waals surface area contributed by atoms with Gasteiger partial charge in [0.1, 0.15) is 5.54 Å². The standard InChI is InChI=1S/C16H29NO4/c1-3-19-10-11-21-14-6-5-9-16(12-14,15(18)20-4-2)17-13-7-8-13/h13-14,17H,3-12H2,1-2H3. The molecule has 0 heterocycles. The molecule has 0 aliphatic heterocycles. The molecule has 0 saturated heterocycles. The van der Waals surface area contributed by atoms with Gasteiger partial charge in [-0.3, -0.25) is 10.1 Å². The zero-order chi connectivity index (χ0) is 15.1. The molecule has 2 fully saturated rings. The van der Waals surface area contributed by atoms with Crippen molar-refractivity contribution >= 4 is 5.97 Å². The van der Waals surface area contributed by atoms with Crippen LogP contribution in [0.15, 0.2) is 0 Å². The first kappa shape index (κ1) is 16.7. The largest absolute Gasteiger partial charge is 0.465 e. The Labute approximate surface area is 127 Å². The van der Waals surface area contributed by atoms with Crippen LogP contribution in [-0.2, 0) is 19.0 Å². The Kier molecular flexibility index (Phi) is 6.45. The smallest absolute Gasteiger partial charge is 0.326 e. The van der Waals surface area contributed by atoms with Gasteiger partial charge < -0.3 is 14.2 Å². The molecule has 1 N–H and O–H groups in total. The van der Waals surface area contributed by atoms with Crippen molar-refractivity contribution in [1.29, 1.82) is 0 Å². The topological polar surface area (TPSA) is 56.8 Å². The molecule has 5 heteroatoms. The molecule has 2 aliphatic carbocycles. The van der Waals surface area contributed by atoms with Crippen LogP contribution in [0.4, 0.5) is 0 Å². The van der Waals surface area contributed by atoms with E-state index in [2.05, 4.69) is 5.32 Å². The van der Waals surface area contributed by atoms with E-state index in [9.17, 15) is 4.79 Å². The molecule has 0 spiro atoms. The van der Waals surface area contributed by atoms with Crippen LogP contribution in [-0.4, -0.2) is 50.1 Å². The van der Waals surface area contributed by atoms with Gasteiger partial charge in [0.25, 0.3) is 0 Å². The van der Waals surface area contributed by atoms with Crippen molar-refractivity contribution in [2.24, 2.45) is 0 Å². The molecule has 2 saturated carbocycles. The maximum atomic E-state index is 12.4. The molecule has 2 rings (SSSR count). The van der Waals surface area contributed by atoms with Gasteiger partial charge in [-0.05, 0) is 46.0 Å². The molecule has 2 atom stereocenters. The van der Waals surface area contributed by atoms with Crippen LogP contribution in [0, 0.1) is 0 Å². The second-order valence-electron chi connectivity index (χ2n) is 6.01. The van der Waals surface area contributed by atoms with Gasteiger partial charge in [-0.1, -0.05) is 0 Å². The first-order chi connectivity index (χ1) is 10.2. The van der Waals surface area contributed by atoms with E-state index in [0.29, 0.717) is 38.9 Å². The predicted molar refractivity (Wildman–Crippen MR) is 80.2 cm³/mol. The summed E-state index contributed by atoms with van der Waals surface area (Å²) in [7, 11) is 0. The van der Waals surface area contributed by atoms with Crippen molar-refractivity contribution < 1.29 is 19.0 Å². The quantitative estimate of drug-likeness (QED) is 0.521. The lowest BCUT2D eigenvalue weighted by molar-refractivity contribution is -0.156. The van der Waals surface area contributed by atoms with Gasteiger partial charge in [0.05, 0.1) is 25.9 Å². The number of hydrogen-bond donors (Lipinski definition) is 1. The highest BCUT2D eigenvalue weighted by atomic mass is 16.5. The summed E-state index contributed by atoms with van der Waals surface area (Å²) < 4.78 is 16.5. The Hall–Kier alpha value is -0.650. The summed E-state index contributed by atoms with van der Waals surface area (Å²) in [6.45, 7) is 6.21. The minimum absolute atomic E-state index is 0.102. The fourth-order valence-electron chi connectivity index (χ4n) is 3.05. The van der Waals surface area contributed by atoms with Gasteiger partial charge >= 0.3 is 5.97 Å². The summed E-state index contributed by atoms with van der Waals surface area (Å²) in [5.74, 6) is -0.102. The zero-order valence-corrected chi connectivity index (χ0v) is 13.4.